The van der Waals surface area contributed by atoms with Crippen molar-refractivity contribution in [2.24, 2.45) is 0 Å². The maximum Gasteiger partial charge on any atom is 0.251 e. The van der Waals surface area contributed by atoms with Crippen molar-refractivity contribution in [3.63, 3.8) is 0 Å². The lowest BCUT2D eigenvalue weighted by Gasteiger charge is -2.31. The topological polar surface area (TPSA) is 81.5 Å². The standard InChI is InChI=1S/C15H23N3O2.C10H7FN2O/c1-2-18-5-3-12(4-6-18)16-10-13-9-14-15(11-17-13)20-8-7-19-14;11-7-5-12-8-1-2-9(14)13-4-3-6(7)10(8)13/h9,11-12,16H,2-8,10H2,1H3;1-2,5H,3-4H2. The molecule has 3 aliphatic heterocycles. The van der Waals surface area contributed by atoms with Crippen LogP contribution in [-0.4, -0.2) is 58.3 Å². The van der Waals surface area contributed by atoms with Gasteiger partial charge in [0.05, 0.1) is 29.1 Å². The Hall–Kier alpha value is -3.04. The maximum absolute atomic E-state index is 13.3. The lowest BCUT2D eigenvalue weighted by Crippen LogP contribution is -2.42. The first-order valence-corrected chi connectivity index (χ1v) is 12.0. The van der Waals surface area contributed by atoms with E-state index >= 15 is 0 Å². The molecule has 3 aromatic rings. The molecule has 0 aromatic carbocycles. The van der Waals surface area contributed by atoms with E-state index in [9.17, 15) is 9.18 Å². The molecule has 6 heterocycles. The van der Waals surface area contributed by atoms with Gasteiger partial charge in [-0.2, -0.15) is 0 Å². The smallest absolute Gasteiger partial charge is 0.251 e. The zero-order chi connectivity index (χ0) is 23.5. The Morgan fingerprint density at radius 2 is 1.88 bits per heavy atom. The molecule has 3 aromatic heterocycles. The third-order valence-corrected chi connectivity index (χ3v) is 6.73. The van der Waals surface area contributed by atoms with Gasteiger partial charge in [0, 0.05) is 36.8 Å². The molecule has 1 saturated heterocycles. The first-order chi connectivity index (χ1) is 16.6. The van der Waals surface area contributed by atoms with Gasteiger partial charge in [-0.05, 0) is 45.0 Å². The van der Waals surface area contributed by atoms with Crippen molar-refractivity contribution in [2.45, 2.75) is 45.3 Å². The fraction of sp³-hybridized carbons (Fsp3) is 0.480. The third-order valence-electron chi connectivity index (χ3n) is 6.73. The number of rotatable bonds is 4. The molecule has 1 N–H and O–H groups in total. The molecule has 0 saturated carbocycles. The van der Waals surface area contributed by atoms with Crippen LogP contribution in [0.1, 0.15) is 31.0 Å². The van der Waals surface area contributed by atoms with E-state index in [2.05, 4.69) is 27.1 Å². The molecular weight excluding hydrogens is 437 g/mol. The first-order valence-electron chi connectivity index (χ1n) is 12.0. The van der Waals surface area contributed by atoms with Crippen LogP contribution in [0.25, 0.3) is 11.0 Å². The van der Waals surface area contributed by atoms with Gasteiger partial charge in [0.25, 0.3) is 5.56 Å². The highest BCUT2D eigenvalue weighted by Gasteiger charge is 2.20. The summed E-state index contributed by atoms with van der Waals surface area (Å²) in [6, 6.07) is 5.71. The lowest BCUT2D eigenvalue weighted by atomic mass is 10.1. The van der Waals surface area contributed by atoms with Crippen LogP contribution >= 0.6 is 0 Å². The Bertz CT molecular complexity index is 1220. The molecule has 0 bridgehead atoms. The third kappa shape index (κ3) is 4.76. The SMILES string of the molecule is CCN1CCC(NCc2cc3c(cn2)OCCO3)CC1.O=c1ccc2ncc(F)c3c2n1CC3. The Kier molecular flexibility index (Phi) is 6.73. The van der Waals surface area contributed by atoms with Crippen LogP contribution in [0.4, 0.5) is 4.39 Å². The highest BCUT2D eigenvalue weighted by molar-refractivity contribution is 5.79. The first kappa shape index (κ1) is 22.7. The number of ether oxygens (including phenoxy) is 2. The molecule has 0 amide bonds. The predicted molar refractivity (Wildman–Crippen MR) is 127 cm³/mol. The van der Waals surface area contributed by atoms with Crippen LogP contribution in [-0.2, 0) is 19.5 Å². The van der Waals surface area contributed by atoms with Crippen molar-refractivity contribution in [1.82, 2.24) is 24.8 Å². The van der Waals surface area contributed by atoms with Gasteiger partial charge in [0.15, 0.2) is 11.5 Å². The van der Waals surface area contributed by atoms with Crippen molar-refractivity contribution in [1.29, 1.82) is 0 Å². The molecule has 3 aliphatic rings. The van der Waals surface area contributed by atoms with Crippen molar-refractivity contribution >= 4 is 11.0 Å². The molecule has 1 fully saturated rings. The number of aromatic nitrogens is 3. The molecule has 0 atom stereocenters. The fourth-order valence-electron chi connectivity index (χ4n) is 4.78. The maximum atomic E-state index is 13.3. The van der Waals surface area contributed by atoms with Gasteiger partial charge in [-0.1, -0.05) is 6.92 Å². The molecule has 0 radical (unpaired) electrons. The van der Waals surface area contributed by atoms with Crippen molar-refractivity contribution < 1.29 is 13.9 Å². The van der Waals surface area contributed by atoms with Crippen LogP contribution in [0.3, 0.4) is 0 Å². The number of aryl methyl sites for hydroxylation is 2. The molecule has 34 heavy (non-hydrogen) atoms. The molecule has 8 nitrogen and oxygen atoms in total. The molecule has 0 unspecified atom stereocenters. The van der Waals surface area contributed by atoms with Gasteiger partial charge in [0.2, 0.25) is 0 Å². The average molecular weight is 468 g/mol. The number of hydrogen-bond acceptors (Lipinski definition) is 7. The van der Waals surface area contributed by atoms with E-state index in [1.54, 1.807) is 16.8 Å². The summed E-state index contributed by atoms with van der Waals surface area (Å²) in [6.07, 6.45) is 6.02. The quantitative estimate of drug-likeness (QED) is 0.632. The van der Waals surface area contributed by atoms with E-state index in [4.69, 9.17) is 9.47 Å². The lowest BCUT2D eigenvalue weighted by molar-refractivity contribution is 0.170. The van der Waals surface area contributed by atoms with Crippen LogP contribution in [0.5, 0.6) is 11.5 Å². The summed E-state index contributed by atoms with van der Waals surface area (Å²) in [5.74, 6) is 1.27. The van der Waals surface area contributed by atoms with Crippen molar-refractivity contribution in [2.75, 3.05) is 32.8 Å². The number of halogens is 1. The van der Waals surface area contributed by atoms with Crippen LogP contribution in [0, 0.1) is 5.82 Å². The molecule has 6 rings (SSSR count). The van der Waals surface area contributed by atoms with Crippen LogP contribution in [0.15, 0.2) is 35.4 Å². The van der Waals surface area contributed by atoms with Crippen LogP contribution < -0.4 is 20.3 Å². The molecule has 180 valence electrons. The number of pyridine rings is 3. The Balaban J connectivity index is 0.000000150. The summed E-state index contributed by atoms with van der Waals surface area (Å²) in [5, 5.41) is 3.60. The summed E-state index contributed by atoms with van der Waals surface area (Å²) >= 11 is 0. The minimum absolute atomic E-state index is 0.0800. The number of fused-ring (bicyclic) bond motifs is 1. The van der Waals surface area contributed by atoms with Gasteiger partial charge in [0.1, 0.15) is 19.0 Å². The van der Waals surface area contributed by atoms with E-state index in [1.807, 2.05) is 6.07 Å². The molecule has 0 spiro atoms. The highest BCUT2D eigenvalue weighted by Crippen LogP contribution is 2.29. The minimum atomic E-state index is -0.311. The monoisotopic (exact) mass is 467 g/mol. The Labute approximate surface area is 197 Å². The van der Waals surface area contributed by atoms with E-state index in [-0.39, 0.29) is 11.4 Å². The zero-order valence-electron chi connectivity index (χ0n) is 19.4. The van der Waals surface area contributed by atoms with Gasteiger partial charge in [-0.15, -0.1) is 0 Å². The van der Waals surface area contributed by atoms with Crippen LogP contribution in [0.2, 0.25) is 0 Å². The van der Waals surface area contributed by atoms with Gasteiger partial charge in [-0.3, -0.25) is 14.8 Å². The second kappa shape index (κ2) is 10.1. The number of nitrogens with one attached hydrogen (secondary N) is 1. The van der Waals surface area contributed by atoms with E-state index < -0.39 is 0 Å². The zero-order valence-corrected chi connectivity index (χ0v) is 19.4. The largest absolute Gasteiger partial charge is 0.486 e. The van der Waals surface area contributed by atoms with Crippen molar-refractivity contribution in [3.8, 4) is 11.5 Å². The number of likely N-dealkylation sites (tertiary alicyclic amines) is 1. The minimum Gasteiger partial charge on any atom is -0.486 e. The summed E-state index contributed by atoms with van der Waals surface area (Å²) in [6.45, 7) is 8.39. The summed E-state index contributed by atoms with van der Waals surface area (Å²) in [5.41, 5.74) is 2.92. The van der Waals surface area contributed by atoms with E-state index in [0.29, 0.717) is 48.8 Å². The normalized spacial score (nSPS) is 17.5. The number of piperidine rings is 1. The van der Waals surface area contributed by atoms with E-state index in [0.717, 1.165) is 30.3 Å². The number of nitrogens with zero attached hydrogens (tertiary/aromatic N) is 4. The van der Waals surface area contributed by atoms with Gasteiger partial charge in [-0.25, -0.2) is 4.39 Å². The molecule has 0 aliphatic carbocycles. The second-order valence-electron chi connectivity index (χ2n) is 8.80. The van der Waals surface area contributed by atoms with Crippen molar-refractivity contribution in [3.05, 3.63) is 58.0 Å². The Morgan fingerprint density at radius 1 is 1.09 bits per heavy atom. The summed E-state index contributed by atoms with van der Waals surface area (Å²) in [7, 11) is 0. The van der Waals surface area contributed by atoms with E-state index in [1.165, 1.54) is 38.2 Å². The number of hydrogen-bond donors (Lipinski definition) is 1. The predicted octanol–water partition coefficient (Wildman–Crippen LogP) is 2.52. The highest BCUT2D eigenvalue weighted by atomic mass is 19.1. The van der Waals surface area contributed by atoms with Gasteiger partial charge >= 0.3 is 0 Å². The second-order valence-corrected chi connectivity index (χ2v) is 8.80. The summed E-state index contributed by atoms with van der Waals surface area (Å²) < 4.78 is 26.0. The van der Waals surface area contributed by atoms with Gasteiger partial charge < -0.3 is 24.3 Å². The molecular formula is C25H30FN5O3. The summed E-state index contributed by atoms with van der Waals surface area (Å²) in [4.78, 5) is 22.3. The molecule has 9 heteroatoms. The fourth-order valence-corrected chi connectivity index (χ4v) is 4.78. The Morgan fingerprint density at radius 3 is 2.68 bits per heavy atom. The average Bonchev–Trinajstić information content (AvgIpc) is 3.35.